The fourth-order valence-corrected chi connectivity index (χ4v) is 1.73. The Balaban J connectivity index is 0.000000309. The first-order chi connectivity index (χ1) is 10.3. The van der Waals surface area contributed by atoms with Crippen molar-refractivity contribution in [1.29, 1.82) is 0 Å². The molecule has 3 aromatic rings. The largest absolute Gasteiger partial charge is 0.384 e. The van der Waals surface area contributed by atoms with Gasteiger partial charge in [-0.3, -0.25) is 0 Å². The summed E-state index contributed by atoms with van der Waals surface area (Å²) in [4.78, 5) is 8.47. The highest BCUT2D eigenvalue weighted by atomic mass is 35.7. The summed E-state index contributed by atoms with van der Waals surface area (Å²) in [5.41, 5.74) is 7.29. The normalized spacial score (nSPS) is 10.9. The summed E-state index contributed by atoms with van der Waals surface area (Å²) in [5.74, 6) is 0.491. The fourth-order valence-electron chi connectivity index (χ4n) is 1.73. The molecular weight excluding hydrogens is 312 g/mol. The quantitative estimate of drug-likeness (QED) is 0.462. The lowest BCUT2D eigenvalue weighted by atomic mass is 10.2. The molecule has 0 amide bonds. The number of nitrogen functional groups attached to an aromatic ring is 1. The number of hydrogen-bond acceptors (Lipinski definition) is 7. The molecule has 0 aliphatic carbocycles. The van der Waals surface area contributed by atoms with Crippen LogP contribution in [0.4, 0.5) is 5.82 Å². The van der Waals surface area contributed by atoms with Gasteiger partial charge in [-0.2, -0.15) is 4.57 Å². The highest BCUT2D eigenvalue weighted by Gasteiger charge is 2.07. The Kier molecular flexibility index (Phi) is 4.81. The van der Waals surface area contributed by atoms with E-state index in [1.807, 2.05) is 47.3 Å². The molecule has 3 aromatic heterocycles. The van der Waals surface area contributed by atoms with Crippen LogP contribution in [0.2, 0.25) is 0 Å². The van der Waals surface area contributed by atoms with E-state index in [0.717, 1.165) is 11.1 Å². The number of fused-ring (bicyclic) bond motifs is 1. The molecule has 0 aliphatic rings. The van der Waals surface area contributed by atoms with Crippen molar-refractivity contribution in [2.45, 2.75) is 0 Å². The maximum Gasteiger partial charge on any atom is 0.229 e. The monoisotopic (exact) mass is 322 g/mol. The number of hydrogen-bond donors (Lipinski definition) is 1. The summed E-state index contributed by atoms with van der Waals surface area (Å²) in [6.45, 7) is 0. The molecule has 3 rings (SSSR count). The van der Waals surface area contributed by atoms with Crippen molar-refractivity contribution in [3.8, 4) is 5.69 Å². The third-order valence-corrected chi connectivity index (χ3v) is 2.56. The summed E-state index contributed by atoms with van der Waals surface area (Å²) >= 11 is 0. The van der Waals surface area contributed by atoms with Gasteiger partial charge in [-0.15, -0.1) is 10.2 Å². The molecule has 0 fully saturated rings. The van der Waals surface area contributed by atoms with Crippen LogP contribution in [0.15, 0.2) is 55.0 Å². The van der Waals surface area contributed by atoms with Gasteiger partial charge in [0.1, 0.15) is 12.0 Å². The van der Waals surface area contributed by atoms with Gasteiger partial charge in [0.15, 0.2) is 18.0 Å². The Bertz CT molecular complexity index is 759. The number of anilines is 1. The van der Waals surface area contributed by atoms with Gasteiger partial charge in [0.2, 0.25) is 5.69 Å². The van der Waals surface area contributed by atoms with E-state index in [1.165, 1.54) is 0 Å². The van der Waals surface area contributed by atoms with E-state index in [2.05, 4.69) is 9.97 Å². The van der Waals surface area contributed by atoms with Crippen LogP contribution in [-0.4, -0.2) is 9.97 Å². The number of nitrogens with two attached hydrogens (primary N) is 1. The maximum absolute atomic E-state index is 8.49. The van der Waals surface area contributed by atoms with E-state index < -0.39 is 10.2 Å². The zero-order valence-electron chi connectivity index (χ0n) is 11.1. The Hall–Kier alpha value is -2.36. The summed E-state index contributed by atoms with van der Waals surface area (Å²) in [6, 6.07) is 11.7. The highest BCUT2D eigenvalue weighted by molar-refractivity contribution is 5.77. The summed E-state index contributed by atoms with van der Waals surface area (Å²) in [6.07, 6.45) is 5.75. The van der Waals surface area contributed by atoms with Crippen LogP contribution in [0.5, 0.6) is 0 Å². The number of aromatic nitrogens is 3. The Morgan fingerprint density at radius 2 is 1.64 bits per heavy atom. The molecule has 0 spiro atoms. The second kappa shape index (κ2) is 6.60. The third kappa shape index (κ3) is 4.88. The minimum absolute atomic E-state index is 0.491. The van der Waals surface area contributed by atoms with Gasteiger partial charge in [-0.25, -0.2) is 28.6 Å². The fraction of sp³-hybridized carbons (Fsp3) is 0. The van der Waals surface area contributed by atoms with Gasteiger partial charge in [0, 0.05) is 23.6 Å². The molecule has 3 heterocycles. The molecule has 0 bridgehead atoms. The van der Waals surface area contributed by atoms with Crippen LogP contribution in [0.1, 0.15) is 0 Å². The summed E-state index contributed by atoms with van der Waals surface area (Å²) < 4.78 is 36.0. The average Bonchev–Trinajstić information content (AvgIpc) is 2.46. The highest BCUT2D eigenvalue weighted by Crippen LogP contribution is 2.12. The topological polar surface area (TPSA) is 148 Å². The molecule has 114 valence electrons. The number of pyridine rings is 3. The molecule has 9 heteroatoms. The first-order valence-corrected chi connectivity index (χ1v) is 7.17. The predicted octanol–water partition coefficient (Wildman–Crippen LogP) is -3.27. The molecule has 0 aromatic carbocycles. The first-order valence-electron chi connectivity index (χ1n) is 5.93. The van der Waals surface area contributed by atoms with E-state index in [1.54, 1.807) is 12.3 Å². The van der Waals surface area contributed by atoms with Crippen molar-refractivity contribution < 1.29 is 33.4 Å². The zero-order chi connectivity index (χ0) is 16.2. The zero-order valence-corrected chi connectivity index (χ0v) is 11.9. The number of halogens is 1. The second-order valence-electron chi connectivity index (χ2n) is 4.14. The minimum atomic E-state index is -4.94. The molecule has 22 heavy (non-hydrogen) atoms. The van der Waals surface area contributed by atoms with Crippen LogP contribution in [0.3, 0.4) is 0 Å². The van der Waals surface area contributed by atoms with Crippen molar-refractivity contribution in [3.05, 3.63) is 55.0 Å². The SMILES string of the molecule is Nc1ccc2cc(-[n+]3ccccc3)cnc2n1.[O-][Cl+3]([O-])([O-])[O-]. The lowest BCUT2D eigenvalue weighted by molar-refractivity contribution is -2.00. The van der Waals surface area contributed by atoms with Crippen LogP contribution < -0.4 is 28.9 Å². The molecule has 0 atom stereocenters. The van der Waals surface area contributed by atoms with Crippen molar-refractivity contribution in [1.82, 2.24) is 9.97 Å². The van der Waals surface area contributed by atoms with E-state index in [0.29, 0.717) is 11.5 Å². The van der Waals surface area contributed by atoms with Crippen LogP contribution in [0.25, 0.3) is 16.7 Å². The van der Waals surface area contributed by atoms with Gasteiger partial charge >= 0.3 is 0 Å². The number of rotatable bonds is 1. The Labute approximate surface area is 127 Å². The Morgan fingerprint density at radius 1 is 1.00 bits per heavy atom. The van der Waals surface area contributed by atoms with Crippen LogP contribution >= 0.6 is 0 Å². The van der Waals surface area contributed by atoms with Gasteiger partial charge in [0.05, 0.1) is 0 Å². The molecule has 0 aliphatic heterocycles. The van der Waals surface area contributed by atoms with Crippen molar-refractivity contribution >= 4 is 16.9 Å². The van der Waals surface area contributed by atoms with E-state index in [-0.39, 0.29) is 0 Å². The van der Waals surface area contributed by atoms with Crippen molar-refractivity contribution in [2.75, 3.05) is 5.73 Å². The standard InChI is InChI=1S/C13H11N4.ClHO4/c14-12-5-4-10-8-11(9-15-13(10)16-12)17-6-2-1-3-7-17;2-1(3,4)5/h1-9H,(H2,14,15,16);(H,2,3,4,5)/q+1;/p-1. The van der Waals surface area contributed by atoms with Crippen molar-refractivity contribution in [2.24, 2.45) is 0 Å². The van der Waals surface area contributed by atoms with Gasteiger partial charge in [-0.1, -0.05) is 6.07 Å². The summed E-state index contributed by atoms with van der Waals surface area (Å²) in [5, 5.41) is 0.980. The average molecular weight is 323 g/mol. The molecule has 2 N–H and O–H groups in total. The lowest BCUT2D eigenvalue weighted by Crippen LogP contribution is -2.68. The maximum atomic E-state index is 8.49. The molecule has 0 saturated heterocycles. The molecular formula is C13H11ClN4O4. The third-order valence-electron chi connectivity index (χ3n) is 2.56. The minimum Gasteiger partial charge on any atom is -0.384 e. The van der Waals surface area contributed by atoms with Crippen molar-refractivity contribution in [3.63, 3.8) is 0 Å². The smallest absolute Gasteiger partial charge is 0.229 e. The Morgan fingerprint density at radius 3 is 2.27 bits per heavy atom. The van der Waals surface area contributed by atoms with E-state index >= 15 is 0 Å². The van der Waals surface area contributed by atoms with Gasteiger partial charge in [-0.05, 0) is 12.1 Å². The van der Waals surface area contributed by atoms with Crippen LogP contribution in [-0.2, 0) is 0 Å². The first kappa shape index (κ1) is 16.0. The molecule has 8 nitrogen and oxygen atoms in total. The predicted molar refractivity (Wildman–Crippen MR) is 65.5 cm³/mol. The molecule has 0 radical (unpaired) electrons. The van der Waals surface area contributed by atoms with Gasteiger partial charge < -0.3 is 5.73 Å². The second-order valence-corrected chi connectivity index (χ2v) is 4.89. The van der Waals surface area contributed by atoms with Gasteiger partial charge in [0.25, 0.3) is 0 Å². The van der Waals surface area contributed by atoms with Crippen LogP contribution in [0, 0.1) is 10.2 Å². The summed E-state index contributed by atoms with van der Waals surface area (Å²) in [7, 11) is -4.94. The molecule has 0 saturated carbocycles. The lowest BCUT2D eigenvalue weighted by Gasteiger charge is -2.17. The molecule has 0 unspecified atom stereocenters. The van der Waals surface area contributed by atoms with E-state index in [4.69, 9.17) is 24.4 Å². The number of nitrogens with zero attached hydrogens (tertiary/aromatic N) is 3. The van der Waals surface area contributed by atoms with E-state index in [9.17, 15) is 0 Å².